The molecule has 0 amide bonds. The summed E-state index contributed by atoms with van der Waals surface area (Å²) in [6.07, 6.45) is 0. The van der Waals surface area contributed by atoms with E-state index in [1.54, 1.807) is 6.07 Å². The Balaban J connectivity index is 2.14. The van der Waals surface area contributed by atoms with Crippen LogP contribution in [0.25, 0.3) is 11.1 Å². The lowest BCUT2D eigenvalue weighted by Crippen LogP contribution is -2.14. The number of phenolic OH excluding ortho intramolecular Hbond substituents is 1. The minimum Gasteiger partial charge on any atom is -0.508 e. The van der Waals surface area contributed by atoms with E-state index in [0.29, 0.717) is 17.6 Å². The van der Waals surface area contributed by atoms with E-state index in [1.165, 1.54) is 16.7 Å². The maximum atomic E-state index is 11.8. The Morgan fingerprint density at radius 3 is 2.67 bits per heavy atom. The molecule has 0 atom stereocenters. The lowest BCUT2D eigenvalue weighted by atomic mass is 10.2. The van der Waals surface area contributed by atoms with Crippen molar-refractivity contribution in [2.75, 3.05) is 0 Å². The Labute approximate surface area is 103 Å². The first-order valence-electron chi connectivity index (χ1n) is 5.60. The van der Waals surface area contributed by atoms with Crippen molar-refractivity contribution in [3.63, 3.8) is 0 Å². The molecule has 0 bridgehead atoms. The van der Waals surface area contributed by atoms with E-state index in [-0.39, 0.29) is 5.75 Å². The van der Waals surface area contributed by atoms with Gasteiger partial charge < -0.3 is 9.52 Å². The maximum absolute atomic E-state index is 11.8. The monoisotopic (exact) mass is 241 g/mol. The van der Waals surface area contributed by atoms with Gasteiger partial charge in [-0.2, -0.15) is 0 Å². The lowest BCUT2D eigenvalue weighted by Gasteiger charge is -2.02. The predicted molar refractivity (Wildman–Crippen MR) is 67.7 cm³/mol. The van der Waals surface area contributed by atoms with Crippen molar-refractivity contribution < 1.29 is 9.52 Å². The second-order valence-electron chi connectivity index (χ2n) is 4.09. The van der Waals surface area contributed by atoms with Gasteiger partial charge in [-0.15, -0.1) is 0 Å². The van der Waals surface area contributed by atoms with Gasteiger partial charge in [0.2, 0.25) is 0 Å². The van der Waals surface area contributed by atoms with Crippen LogP contribution in [0.3, 0.4) is 0 Å². The van der Waals surface area contributed by atoms with Gasteiger partial charge >= 0.3 is 5.76 Å². The molecule has 1 N–H and O–H groups in total. The van der Waals surface area contributed by atoms with Gasteiger partial charge in [0.15, 0.2) is 5.58 Å². The standard InChI is InChI=1S/C14H11NO3/c16-11-6-7-13-12(8-11)15(14(17)18-13)9-10-4-2-1-3-5-10/h1-8,16H,9H2. The van der Waals surface area contributed by atoms with E-state index in [4.69, 9.17) is 4.42 Å². The molecule has 18 heavy (non-hydrogen) atoms. The molecule has 1 heterocycles. The van der Waals surface area contributed by atoms with Crippen molar-refractivity contribution in [2.24, 2.45) is 0 Å². The van der Waals surface area contributed by atoms with E-state index in [1.807, 2.05) is 30.3 Å². The van der Waals surface area contributed by atoms with Gasteiger partial charge in [-0.05, 0) is 17.7 Å². The molecular formula is C14H11NO3. The molecule has 3 rings (SSSR count). The average molecular weight is 241 g/mol. The maximum Gasteiger partial charge on any atom is 0.420 e. The average Bonchev–Trinajstić information content (AvgIpc) is 2.67. The zero-order valence-electron chi connectivity index (χ0n) is 9.54. The third-order valence-corrected chi connectivity index (χ3v) is 2.83. The first-order valence-corrected chi connectivity index (χ1v) is 5.60. The molecule has 0 aliphatic carbocycles. The molecule has 3 aromatic rings. The number of fused-ring (bicyclic) bond motifs is 1. The summed E-state index contributed by atoms with van der Waals surface area (Å²) in [4.78, 5) is 11.8. The van der Waals surface area contributed by atoms with Crippen molar-refractivity contribution >= 4 is 11.1 Å². The highest BCUT2D eigenvalue weighted by Gasteiger charge is 2.09. The van der Waals surface area contributed by atoms with Crippen molar-refractivity contribution in [1.82, 2.24) is 4.57 Å². The van der Waals surface area contributed by atoms with Crippen molar-refractivity contribution in [3.8, 4) is 5.75 Å². The summed E-state index contributed by atoms with van der Waals surface area (Å²) >= 11 is 0. The molecule has 4 heteroatoms. The number of aromatic nitrogens is 1. The minimum atomic E-state index is -0.417. The van der Waals surface area contributed by atoms with Gasteiger partial charge in [0, 0.05) is 6.07 Å². The van der Waals surface area contributed by atoms with E-state index >= 15 is 0 Å². The van der Waals surface area contributed by atoms with Crippen LogP contribution in [0.2, 0.25) is 0 Å². The summed E-state index contributed by atoms with van der Waals surface area (Å²) < 4.78 is 6.63. The number of rotatable bonds is 2. The summed E-state index contributed by atoms with van der Waals surface area (Å²) in [6.45, 7) is 0.427. The van der Waals surface area contributed by atoms with Crippen LogP contribution in [0.5, 0.6) is 5.75 Å². The summed E-state index contributed by atoms with van der Waals surface area (Å²) in [5.74, 6) is -0.301. The fourth-order valence-electron chi connectivity index (χ4n) is 1.97. The third-order valence-electron chi connectivity index (χ3n) is 2.83. The number of hydrogen-bond acceptors (Lipinski definition) is 3. The fraction of sp³-hybridized carbons (Fsp3) is 0.0714. The van der Waals surface area contributed by atoms with Crippen molar-refractivity contribution in [3.05, 3.63) is 64.6 Å². The molecule has 0 saturated heterocycles. The summed E-state index contributed by atoms with van der Waals surface area (Å²) in [6, 6.07) is 14.3. The van der Waals surface area contributed by atoms with Gasteiger partial charge in [0.05, 0.1) is 12.1 Å². The van der Waals surface area contributed by atoms with Gasteiger partial charge in [-0.1, -0.05) is 30.3 Å². The molecule has 4 nitrogen and oxygen atoms in total. The molecular weight excluding hydrogens is 230 g/mol. The van der Waals surface area contributed by atoms with Crippen LogP contribution in [-0.2, 0) is 6.54 Å². The highest BCUT2D eigenvalue weighted by molar-refractivity contribution is 5.74. The number of benzene rings is 2. The summed E-state index contributed by atoms with van der Waals surface area (Å²) in [5, 5.41) is 9.47. The molecule has 0 aliphatic heterocycles. The Bertz CT molecular complexity index is 741. The SMILES string of the molecule is O=c1oc2ccc(O)cc2n1Cc1ccccc1. The number of hydrogen-bond donors (Lipinski definition) is 1. The molecule has 1 aromatic heterocycles. The first-order chi connectivity index (χ1) is 8.74. The fourth-order valence-corrected chi connectivity index (χ4v) is 1.97. The van der Waals surface area contributed by atoms with E-state index in [0.717, 1.165) is 5.56 Å². The molecule has 0 aliphatic rings. The topological polar surface area (TPSA) is 55.4 Å². The van der Waals surface area contributed by atoms with Crippen LogP contribution in [-0.4, -0.2) is 9.67 Å². The number of aromatic hydroxyl groups is 1. The van der Waals surface area contributed by atoms with Gasteiger partial charge in [0.25, 0.3) is 0 Å². The van der Waals surface area contributed by atoms with Crippen LogP contribution in [0.1, 0.15) is 5.56 Å². The predicted octanol–water partition coefficient (Wildman–Crippen LogP) is 2.35. The lowest BCUT2D eigenvalue weighted by molar-refractivity contribution is 0.475. The van der Waals surface area contributed by atoms with Gasteiger partial charge in [-0.25, -0.2) is 4.79 Å². The third kappa shape index (κ3) is 1.78. The van der Waals surface area contributed by atoms with Crippen LogP contribution >= 0.6 is 0 Å². The molecule has 2 aromatic carbocycles. The summed E-state index contributed by atoms with van der Waals surface area (Å²) in [7, 11) is 0. The Morgan fingerprint density at radius 2 is 1.89 bits per heavy atom. The number of nitrogens with zero attached hydrogens (tertiary/aromatic N) is 1. The van der Waals surface area contributed by atoms with E-state index in [9.17, 15) is 9.90 Å². The largest absolute Gasteiger partial charge is 0.508 e. The number of oxazole rings is 1. The minimum absolute atomic E-state index is 0.116. The molecule has 0 saturated carbocycles. The second kappa shape index (κ2) is 4.07. The van der Waals surface area contributed by atoms with Gasteiger partial charge in [0.1, 0.15) is 5.75 Å². The van der Waals surface area contributed by atoms with Crippen molar-refractivity contribution in [1.29, 1.82) is 0 Å². The van der Waals surface area contributed by atoms with Crippen molar-refractivity contribution in [2.45, 2.75) is 6.54 Å². The van der Waals surface area contributed by atoms with Gasteiger partial charge in [-0.3, -0.25) is 4.57 Å². The Morgan fingerprint density at radius 1 is 1.11 bits per heavy atom. The number of phenols is 1. The van der Waals surface area contributed by atoms with Crippen LogP contribution in [0.15, 0.2) is 57.7 Å². The summed E-state index contributed by atoms with van der Waals surface area (Å²) in [5.41, 5.74) is 2.09. The van der Waals surface area contributed by atoms with Crippen LogP contribution < -0.4 is 5.76 Å². The smallest absolute Gasteiger partial charge is 0.420 e. The molecule has 0 radical (unpaired) electrons. The normalized spacial score (nSPS) is 10.9. The highest BCUT2D eigenvalue weighted by Crippen LogP contribution is 2.19. The van der Waals surface area contributed by atoms with Crippen LogP contribution in [0, 0.1) is 0 Å². The Hall–Kier alpha value is -2.49. The van der Waals surface area contributed by atoms with E-state index < -0.39 is 5.76 Å². The molecule has 0 unspecified atom stereocenters. The molecule has 0 fully saturated rings. The second-order valence-corrected chi connectivity index (χ2v) is 4.09. The zero-order chi connectivity index (χ0) is 12.5. The van der Waals surface area contributed by atoms with E-state index in [2.05, 4.69) is 0 Å². The molecule has 90 valence electrons. The Kier molecular flexibility index (Phi) is 2.41. The first kappa shape index (κ1) is 10.7. The highest BCUT2D eigenvalue weighted by atomic mass is 16.4. The molecule has 0 spiro atoms. The quantitative estimate of drug-likeness (QED) is 0.749. The zero-order valence-corrected chi connectivity index (χ0v) is 9.54. The van der Waals surface area contributed by atoms with Crippen LogP contribution in [0.4, 0.5) is 0 Å².